The Morgan fingerprint density at radius 2 is 2.36 bits per heavy atom. The van der Waals surface area contributed by atoms with Gasteiger partial charge in [-0.05, 0) is 32.6 Å². The van der Waals surface area contributed by atoms with Crippen LogP contribution in [0.3, 0.4) is 0 Å². The highest BCUT2D eigenvalue weighted by molar-refractivity contribution is 5.77. The topological polar surface area (TPSA) is 55.1 Å². The Balaban J connectivity index is 2.31. The number of carbonyl (C=O) groups excluding carboxylic acids is 1. The third-order valence-corrected chi connectivity index (χ3v) is 2.55. The molecule has 3 N–H and O–H groups in total. The number of nitrogens with two attached hydrogens (primary N) is 1. The van der Waals surface area contributed by atoms with Crippen LogP contribution in [0.15, 0.2) is 12.2 Å². The van der Waals surface area contributed by atoms with Gasteiger partial charge in [-0.1, -0.05) is 12.2 Å². The second-order valence-corrected chi connectivity index (χ2v) is 4.61. The first-order chi connectivity index (χ1) is 6.53. The third kappa shape index (κ3) is 3.50. The van der Waals surface area contributed by atoms with Gasteiger partial charge in [0.05, 0.1) is 0 Å². The van der Waals surface area contributed by atoms with Crippen molar-refractivity contribution in [3.05, 3.63) is 12.2 Å². The molecule has 1 unspecified atom stereocenters. The van der Waals surface area contributed by atoms with Gasteiger partial charge in [-0.25, -0.2) is 0 Å². The van der Waals surface area contributed by atoms with Crippen LogP contribution in [0.5, 0.6) is 0 Å². The molecule has 1 aliphatic carbocycles. The van der Waals surface area contributed by atoms with Crippen LogP contribution < -0.4 is 11.1 Å². The maximum absolute atomic E-state index is 11.6. The SMILES string of the molecule is CC(C)(CN)NC(=O)CC1C=CCC1. The van der Waals surface area contributed by atoms with Gasteiger partial charge in [0.1, 0.15) is 0 Å². The molecule has 0 saturated heterocycles. The highest BCUT2D eigenvalue weighted by atomic mass is 16.1. The lowest BCUT2D eigenvalue weighted by Crippen LogP contribution is -2.49. The van der Waals surface area contributed by atoms with Crippen LogP contribution >= 0.6 is 0 Å². The van der Waals surface area contributed by atoms with Crippen molar-refractivity contribution < 1.29 is 4.79 Å². The number of hydrogen-bond acceptors (Lipinski definition) is 2. The summed E-state index contributed by atoms with van der Waals surface area (Å²) < 4.78 is 0. The Kier molecular flexibility index (Phi) is 3.69. The van der Waals surface area contributed by atoms with E-state index in [-0.39, 0.29) is 11.4 Å². The lowest BCUT2D eigenvalue weighted by molar-refractivity contribution is -0.123. The van der Waals surface area contributed by atoms with E-state index in [9.17, 15) is 4.79 Å². The van der Waals surface area contributed by atoms with E-state index >= 15 is 0 Å². The summed E-state index contributed by atoms with van der Waals surface area (Å²) in [4.78, 5) is 11.6. The molecule has 0 spiro atoms. The number of allylic oxidation sites excluding steroid dienone is 2. The maximum atomic E-state index is 11.6. The number of nitrogens with one attached hydrogen (secondary N) is 1. The predicted molar refractivity (Wildman–Crippen MR) is 57.8 cm³/mol. The van der Waals surface area contributed by atoms with E-state index in [0.717, 1.165) is 12.8 Å². The van der Waals surface area contributed by atoms with Gasteiger partial charge in [-0.3, -0.25) is 4.79 Å². The van der Waals surface area contributed by atoms with Crippen molar-refractivity contribution in [2.75, 3.05) is 6.54 Å². The Hall–Kier alpha value is -0.830. The van der Waals surface area contributed by atoms with Crippen molar-refractivity contribution in [3.63, 3.8) is 0 Å². The summed E-state index contributed by atoms with van der Waals surface area (Å²) in [6.45, 7) is 4.35. The van der Waals surface area contributed by atoms with E-state index in [1.807, 2.05) is 13.8 Å². The fourth-order valence-corrected chi connectivity index (χ4v) is 1.58. The molecule has 1 atom stereocenters. The fourth-order valence-electron chi connectivity index (χ4n) is 1.58. The smallest absolute Gasteiger partial charge is 0.221 e. The molecule has 1 rings (SSSR count). The minimum atomic E-state index is -0.278. The van der Waals surface area contributed by atoms with Crippen LogP contribution in [0.1, 0.15) is 33.1 Å². The molecule has 0 fully saturated rings. The van der Waals surface area contributed by atoms with Gasteiger partial charge < -0.3 is 11.1 Å². The quantitative estimate of drug-likeness (QED) is 0.664. The number of amides is 1. The Labute approximate surface area is 85.7 Å². The van der Waals surface area contributed by atoms with Crippen LogP contribution in [-0.2, 0) is 4.79 Å². The second kappa shape index (κ2) is 4.60. The minimum absolute atomic E-state index is 0.108. The summed E-state index contributed by atoms with van der Waals surface area (Å²) in [7, 11) is 0. The monoisotopic (exact) mass is 196 g/mol. The average molecular weight is 196 g/mol. The maximum Gasteiger partial charge on any atom is 0.221 e. The Bertz CT molecular complexity index is 233. The average Bonchev–Trinajstić information content (AvgIpc) is 2.55. The first-order valence-electron chi connectivity index (χ1n) is 5.21. The zero-order valence-corrected chi connectivity index (χ0v) is 9.05. The summed E-state index contributed by atoms with van der Waals surface area (Å²) >= 11 is 0. The minimum Gasteiger partial charge on any atom is -0.350 e. The van der Waals surface area contributed by atoms with Gasteiger partial charge in [-0.15, -0.1) is 0 Å². The van der Waals surface area contributed by atoms with Crippen molar-refractivity contribution in [3.8, 4) is 0 Å². The standard InChI is InChI=1S/C11H20N2O/c1-11(2,8-12)13-10(14)7-9-5-3-4-6-9/h3,5,9H,4,6-8,12H2,1-2H3,(H,13,14). The largest absolute Gasteiger partial charge is 0.350 e. The summed E-state index contributed by atoms with van der Waals surface area (Å²) in [5, 5.41) is 2.94. The molecule has 80 valence electrons. The molecule has 0 aromatic heterocycles. The first-order valence-corrected chi connectivity index (χ1v) is 5.21. The summed E-state index contributed by atoms with van der Waals surface area (Å²) in [5.74, 6) is 0.542. The first kappa shape index (κ1) is 11.2. The summed E-state index contributed by atoms with van der Waals surface area (Å²) in [6, 6.07) is 0. The van der Waals surface area contributed by atoms with Crippen molar-refractivity contribution >= 4 is 5.91 Å². The van der Waals surface area contributed by atoms with Crippen molar-refractivity contribution in [2.24, 2.45) is 11.7 Å². The molecule has 0 radical (unpaired) electrons. The van der Waals surface area contributed by atoms with Crippen molar-refractivity contribution in [1.29, 1.82) is 0 Å². The number of carbonyl (C=O) groups is 1. The highest BCUT2D eigenvalue weighted by Crippen LogP contribution is 2.20. The van der Waals surface area contributed by atoms with Crippen LogP contribution in [0, 0.1) is 5.92 Å². The van der Waals surface area contributed by atoms with E-state index in [1.165, 1.54) is 0 Å². The van der Waals surface area contributed by atoms with Crippen LogP contribution in [-0.4, -0.2) is 18.0 Å². The Morgan fingerprint density at radius 3 is 2.86 bits per heavy atom. The Morgan fingerprint density at radius 1 is 1.64 bits per heavy atom. The molecule has 1 aliphatic rings. The van der Waals surface area contributed by atoms with E-state index in [2.05, 4.69) is 17.5 Å². The van der Waals surface area contributed by atoms with Crippen LogP contribution in [0.25, 0.3) is 0 Å². The van der Waals surface area contributed by atoms with Crippen molar-refractivity contribution in [1.82, 2.24) is 5.32 Å². The van der Waals surface area contributed by atoms with Crippen molar-refractivity contribution in [2.45, 2.75) is 38.6 Å². The van der Waals surface area contributed by atoms with Gasteiger partial charge in [0, 0.05) is 18.5 Å². The van der Waals surface area contributed by atoms with E-state index < -0.39 is 0 Å². The zero-order valence-electron chi connectivity index (χ0n) is 9.05. The number of rotatable bonds is 4. The summed E-state index contributed by atoms with van der Waals surface area (Å²) in [5.41, 5.74) is 5.26. The van der Waals surface area contributed by atoms with Gasteiger partial charge in [-0.2, -0.15) is 0 Å². The molecule has 3 heteroatoms. The molecule has 0 aromatic rings. The number of hydrogen-bond donors (Lipinski definition) is 2. The molecule has 0 aromatic carbocycles. The van der Waals surface area contributed by atoms with Gasteiger partial charge in [0.25, 0.3) is 0 Å². The van der Waals surface area contributed by atoms with Gasteiger partial charge in [0.15, 0.2) is 0 Å². The molecule has 0 bridgehead atoms. The highest BCUT2D eigenvalue weighted by Gasteiger charge is 2.20. The predicted octanol–water partition coefficient (Wildman–Crippen LogP) is 1.20. The van der Waals surface area contributed by atoms with Crippen LogP contribution in [0.4, 0.5) is 0 Å². The third-order valence-electron chi connectivity index (χ3n) is 2.55. The van der Waals surface area contributed by atoms with Gasteiger partial charge in [0.2, 0.25) is 5.91 Å². The molecule has 0 heterocycles. The molecular formula is C11H20N2O. The molecular weight excluding hydrogens is 176 g/mol. The van der Waals surface area contributed by atoms with E-state index in [1.54, 1.807) is 0 Å². The second-order valence-electron chi connectivity index (χ2n) is 4.61. The molecule has 14 heavy (non-hydrogen) atoms. The molecule has 1 amide bonds. The molecule has 0 aliphatic heterocycles. The van der Waals surface area contributed by atoms with E-state index in [4.69, 9.17) is 5.73 Å². The van der Waals surface area contributed by atoms with E-state index in [0.29, 0.717) is 18.9 Å². The zero-order chi connectivity index (χ0) is 10.6. The lowest BCUT2D eigenvalue weighted by atomic mass is 10.0. The fraction of sp³-hybridized carbons (Fsp3) is 0.727. The van der Waals surface area contributed by atoms with Gasteiger partial charge >= 0.3 is 0 Å². The normalized spacial score (nSPS) is 21.2. The molecule has 0 saturated carbocycles. The lowest BCUT2D eigenvalue weighted by Gasteiger charge is -2.24. The molecule has 3 nitrogen and oxygen atoms in total. The van der Waals surface area contributed by atoms with Crippen LogP contribution in [0.2, 0.25) is 0 Å². The summed E-state index contributed by atoms with van der Waals surface area (Å²) in [6.07, 6.45) is 7.09.